The average Bonchev–Trinajstić information content (AvgIpc) is 2.89. The summed E-state index contributed by atoms with van der Waals surface area (Å²) in [5.74, 6) is -4.04. The van der Waals surface area contributed by atoms with E-state index in [1.807, 2.05) is 13.8 Å². The molecule has 0 spiro atoms. The van der Waals surface area contributed by atoms with Gasteiger partial charge in [0.1, 0.15) is 30.3 Å². The van der Waals surface area contributed by atoms with E-state index >= 15 is 0 Å². The lowest BCUT2D eigenvalue weighted by Gasteiger charge is -2.27. The van der Waals surface area contributed by atoms with E-state index in [4.69, 9.17) is 4.74 Å². The molecular weight excluding hydrogens is 542 g/mol. The molecule has 0 bridgehead atoms. The van der Waals surface area contributed by atoms with Gasteiger partial charge in [-0.3, -0.25) is 24.0 Å². The smallest absolute Gasteiger partial charge is 0.329 e. The SMILES string of the molecule is CCCCCC[C@@H]1CC(=O)NCC(=O)NC(C(C)C)C(=O)N[C@@H](CC(C)C)C(=O)N[C@@H](C)C(=O)N[C@@H](C(C)C)C(=O)O1. The molecule has 1 rings (SSSR count). The molecule has 1 aliphatic heterocycles. The second kappa shape index (κ2) is 18.4. The Bertz CT molecular complexity index is 937. The first kappa shape index (κ1) is 36.8. The van der Waals surface area contributed by atoms with Gasteiger partial charge in [-0.15, -0.1) is 0 Å². The number of cyclic esters (lactones) is 1. The highest BCUT2D eigenvalue weighted by Gasteiger charge is 2.33. The van der Waals surface area contributed by atoms with E-state index in [1.54, 1.807) is 27.7 Å². The average molecular weight is 596 g/mol. The van der Waals surface area contributed by atoms with Gasteiger partial charge in [0, 0.05) is 0 Å². The van der Waals surface area contributed by atoms with Gasteiger partial charge in [-0.05, 0) is 43.9 Å². The van der Waals surface area contributed by atoms with Gasteiger partial charge >= 0.3 is 5.97 Å². The molecule has 0 radical (unpaired) electrons. The first-order valence-electron chi connectivity index (χ1n) is 15.3. The Balaban J connectivity index is 3.33. The summed E-state index contributed by atoms with van der Waals surface area (Å²) in [4.78, 5) is 78.2. The number of nitrogens with one attached hydrogen (secondary N) is 5. The molecule has 1 heterocycles. The zero-order chi connectivity index (χ0) is 32.0. The molecule has 0 aromatic heterocycles. The van der Waals surface area contributed by atoms with Crippen molar-refractivity contribution in [2.75, 3.05) is 6.54 Å². The second-order valence-electron chi connectivity index (χ2n) is 12.3. The van der Waals surface area contributed by atoms with Gasteiger partial charge in [-0.1, -0.05) is 67.7 Å². The van der Waals surface area contributed by atoms with E-state index < -0.39 is 65.8 Å². The lowest BCUT2D eigenvalue weighted by molar-refractivity contribution is -0.156. The topological polar surface area (TPSA) is 172 Å². The molecule has 240 valence electrons. The highest BCUT2D eigenvalue weighted by Crippen LogP contribution is 2.15. The van der Waals surface area contributed by atoms with Gasteiger partial charge in [0.25, 0.3) is 0 Å². The van der Waals surface area contributed by atoms with Crippen LogP contribution in [0.1, 0.15) is 100 Å². The van der Waals surface area contributed by atoms with Crippen molar-refractivity contribution in [2.24, 2.45) is 17.8 Å². The monoisotopic (exact) mass is 595 g/mol. The summed E-state index contributed by atoms with van der Waals surface area (Å²) < 4.78 is 5.74. The highest BCUT2D eigenvalue weighted by atomic mass is 16.5. The predicted molar refractivity (Wildman–Crippen MR) is 159 cm³/mol. The summed E-state index contributed by atoms with van der Waals surface area (Å²) in [6, 6.07) is -3.95. The third kappa shape index (κ3) is 13.2. The number of amides is 5. The van der Waals surface area contributed by atoms with Crippen molar-refractivity contribution in [3.8, 4) is 0 Å². The lowest BCUT2D eigenvalue weighted by atomic mass is 9.99. The fourth-order valence-corrected chi connectivity index (χ4v) is 4.58. The zero-order valence-electron chi connectivity index (χ0n) is 26.6. The van der Waals surface area contributed by atoms with Crippen LogP contribution in [0.25, 0.3) is 0 Å². The van der Waals surface area contributed by atoms with Crippen LogP contribution in [-0.2, 0) is 33.5 Å². The molecule has 0 aromatic rings. The molecule has 5 atom stereocenters. The van der Waals surface area contributed by atoms with Crippen LogP contribution in [0.5, 0.6) is 0 Å². The molecule has 12 nitrogen and oxygen atoms in total. The molecule has 0 saturated carbocycles. The first-order valence-corrected chi connectivity index (χ1v) is 15.3. The second-order valence-corrected chi connectivity index (χ2v) is 12.3. The molecule has 1 fully saturated rings. The van der Waals surface area contributed by atoms with E-state index in [9.17, 15) is 28.8 Å². The molecule has 1 unspecified atom stereocenters. The Kier molecular flexibility index (Phi) is 16.1. The molecule has 5 N–H and O–H groups in total. The summed E-state index contributed by atoms with van der Waals surface area (Å²) in [6.45, 7) is 14.0. The molecule has 42 heavy (non-hydrogen) atoms. The standard InChI is InChI=1S/C30H53N5O7/c1-9-10-11-12-13-21-15-23(36)31-16-24(37)34-25(18(4)5)29(40)33-22(14-17(2)3)28(39)32-20(8)27(38)35-26(19(6)7)30(41)42-21/h17-22,25-26H,9-16H2,1-8H3,(H,31,36)(H,32,39)(H,33,40)(H,34,37)(H,35,38)/t20-,21+,22-,25?,26-/m0/s1. The molecule has 0 aromatic carbocycles. The number of hydrogen-bond donors (Lipinski definition) is 5. The van der Waals surface area contributed by atoms with E-state index in [0.29, 0.717) is 12.8 Å². The van der Waals surface area contributed by atoms with Crippen molar-refractivity contribution in [1.82, 2.24) is 26.6 Å². The summed E-state index contributed by atoms with van der Waals surface area (Å²) in [5, 5.41) is 13.2. The van der Waals surface area contributed by atoms with Crippen molar-refractivity contribution < 1.29 is 33.5 Å². The molecule has 0 aliphatic carbocycles. The molecule has 12 heteroatoms. The largest absolute Gasteiger partial charge is 0.460 e. The minimum absolute atomic E-state index is 0.0316. The van der Waals surface area contributed by atoms with Crippen molar-refractivity contribution in [2.45, 2.75) is 131 Å². The van der Waals surface area contributed by atoms with Gasteiger partial charge in [0.2, 0.25) is 29.5 Å². The van der Waals surface area contributed by atoms with Gasteiger partial charge < -0.3 is 31.3 Å². The van der Waals surface area contributed by atoms with Crippen molar-refractivity contribution in [1.29, 1.82) is 0 Å². The maximum absolute atomic E-state index is 13.2. The maximum Gasteiger partial charge on any atom is 0.329 e. The van der Waals surface area contributed by atoms with E-state index in [0.717, 1.165) is 25.7 Å². The minimum atomic E-state index is -1.02. The number of carbonyl (C=O) groups excluding carboxylic acids is 6. The van der Waals surface area contributed by atoms with Gasteiger partial charge in [-0.25, -0.2) is 4.79 Å². The van der Waals surface area contributed by atoms with Crippen molar-refractivity contribution in [3.63, 3.8) is 0 Å². The van der Waals surface area contributed by atoms with Gasteiger partial charge in [0.15, 0.2) is 0 Å². The normalized spacial score (nSPS) is 25.9. The van der Waals surface area contributed by atoms with Crippen LogP contribution in [0, 0.1) is 17.8 Å². The quantitative estimate of drug-likeness (QED) is 0.199. The van der Waals surface area contributed by atoms with Crippen LogP contribution >= 0.6 is 0 Å². The van der Waals surface area contributed by atoms with Gasteiger partial charge in [0.05, 0.1) is 13.0 Å². The Morgan fingerprint density at radius 2 is 1.38 bits per heavy atom. The third-order valence-corrected chi connectivity index (χ3v) is 7.10. The Hall–Kier alpha value is -3.18. The van der Waals surface area contributed by atoms with Crippen LogP contribution in [0.15, 0.2) is 0 Å². The number of hydrogen-bond acceptors (Lipinski definition) is 7. The molecule has 1 aliphatic rings. The lowest BCUT2D eigenvalue weighted by Crippen LogP contribution is -2.58. The first-order chi connectivity index (χ1) is 19.7. The Morgan fingerprint density at radius 3 is 1.95 bits per heavy atom. The third-order valence-electron chi connectivity index (χ3n) is 7.10. The Labute approximate surface area is 250 Å². The van der Waals surface area contributed by atoms with Crippen LogP contribution in [0.4, 0.5) is 0 Å². The predicted octanol–water partition coefficient (Wildman–Crippen LogP) is 1.71. The summed E-state index contributed by atoms with van der Waals surface area (Å²) in [7, 11) is 0. The number of rotatable bonds is 9. The summed E-state index contributed by atoms with van der Waals surface area (Å²) >= 11 is 0. The van der Waals surface area contributed by atoms with E-state index in [2.05, 4.69) is 33.5 Å². The Morgan fingerprint density at radius 1 is 0.738 bits per heavy atom. The molecular formula is C30H53N5O7. The van der Waals surface area contributed by atoms with Gasteiger partial charge in [-0.2, -0.15) is 0 Å². The molecule has 1 saturated heterocycles. The van der Waals surface area contributed by atoms with Crippen LogP contribution in [-0.4, -0.2) is 72.3 Å². The number of esters is 1. The van der Waals surface area contributed by atoms with E-state index in [-0.39, 0.29) is 30.7 Å². The van der Waals surface area contributed by atoms with Crippen LogP contribution in [0.2, 0.25) is 0 Å². The fraction of sp³-hybridized carbons (Fsp3) is 0.800. The van der Waals surface area contributed by atoms with Crippen molar-refractivity contribution in [3.05, 3.63) is 0 Å². The summed E-state index contributed by atoms with van der Waals surface area (Å²) in [5.41, 5.74) is 0. The number of unbranched alkanes of at least 4 members (excludes halogenated alkanes) is 3. The highest BCUT2D eigenvalue weighted by molar-refractivity contribution is 5.95. The number of ether oxygens (including phenoxy) is 1. The van der Waals surface area contributed by atoms with Crippen LogP contribution < -0.4 is 26.6 Å². The molecule has 5 amide bonds. The summed E-state index contributed by atoms with van der Waals surface area (Å²) in [6.07, 6.45) is 3.51. The fourth-order valence-electron chi connectivity index (χ4n) is 4.58. The van der Waals surface area contributed by atoms with Crippen LogP contribution in [0.3, 0.4) is 0 Å². The minimum Gasteiger partial charge on any atom is -0.460 e. The van der Waals surface area contributed by atoms with Crippen molar-refractivity contribution >= 4 is 35.5 Å². The number of carbonyl (C=O) groups is 6. The maximum atomic E-state index is 13.2. The zero-order valence-corrected chi connectivity index (χ0v) is 26.6. The van der Waals surface area contributed by atoms with E-state index in [1.165, 1.54) is 6.92 Å².